The summed E-state index contributed by atoms with van der Waals surface area (Å²) in [5, 5.41) is 12.7. The number of anilines is 1. The molecule has 0 aliphatic carbocycles. The van der Waals surface area contributed by atoms with Gasteiger partial charge in [0, 0.05) is 5.02 Å². The zero-order valence-corrected chi connectivity index (χ0v) is 14.3. The summed E-state index contributed by atoms with van der Waals surface area (Å²) >= 11 is 5.88. The van der Waals surface area contributed by atoms with E-state index in [1.54, 1.807) is 12.1 Å². The summed E-state index contributed by atoms with van der Waals surface area (Å²) in [5.74, 6) is -0.934. The number of carbonyl (C=O) groups is 2. The Morgan fingerprint density at radius 3 is 2.56 bits per heavy atom. The minimum absolute atomic E-state index is 0.104. The predicted molar refractivity (Wildman–Crippen MR) is 91.6 cm³/mol. The van der Waals surface area contributed by atoms with E-state index in [2.05, 4.69) is 5.32 Å². The summed E-state index contributed by atoms with van der Waals surface area (Å²) in [7, 11) is 2.87. The van der Waals surface area contributed by atoms with Gasteiger partial charge in [0.15, 0.2) is 6.61 Å². The molecule has 0 aromatic heterocycles. The maximum absolute atomic E-state index is 12.0. The van der Waals surface area contributed by atoms with Gasteiger partial charge in [0.25, 0.3) is 5.91 Å². The van der Waals surface area contributed by atoms with Crippen LogP contribution >= 0.6 is 11.6 Å². The second-order valence-electron chi connectivity index (χ2n) is 4.85. The molecule has 0 radical (unpaired) electrons. The molecule has 0 heterocycles. The van der Waals surface area contributed by atoms with E-state index >= 15 is 0 Å². The lowest BCUT2D eigenvalue weighted by molar-refractivity contribution is -0.119. The van der Waals surface area contributed by atoms with Crippen LogP contribution in [0.2, 0.25) is 5.02 Å². The maximum Gasteiger partial charge on any atom is 0.342 e. The van der Waals surface area contributed by atoms with Crippen LogP contribution in [0.3, 0.4) is 0 Å². The van der Waals surface area contributed by atoms with Crippen LogP contribution in [0.1, 0.15) is 10.4 Å². The predicted octanol–water partition coefficient (Wildman–Crippen LogP) is 2.86. The first-order chi connectivity index (χ1) is 11.9. The first-order valence-corrected chi connectivity index (χ1v) is 7.50. The summed E-state index contributed by atoms with van der Waals surface area (Å²) in [6.45, 7) is -0.550. The molecule has 8 heteroatoms. The number of amides is 1. The third-order valence-corrected chi connectivity index (χ3v) is 3.43. The molecule has 0 saturated heterocycles. The minimum Gasteiger partial charge on any atom is -0.507 e. The van der Waals surface area contributed by atoms with Crippen molar-refractivity contribution >= 4 is 29.2 Å². The van der Waals surface area contributed by atoms with Crippen molar-refractivity contribution in [2.75, 3.05) is 26.1 Å². The van der Waals surface area contributed by atoms with Crippen LogP contribution in [0.5, 0.6) is 17.2 Å². The van der Waals surface area contributed by atoms with Crippen LogP contribution in [-0.2, 0) is 9.53 Å². The van der Waals surface area contributed by atoms with Gasteiger partial charge in [-0.2, -0.15) is 0 Å². The zero-order chi connectivity index (χ0) is 18.4. The van der Waals surface area contributed by atoms with E-state index in [1.165, 1.54) is 38.5 Å². The van der Waals surface area contributed by atoms with Crippen molar-refractivity contribution < 1.29 is 28.9 Å². The molecular formula is C17H16ClNO6. The van der Waals surface area contributed by atoms with E-state index in [9.17, 15) is 14.7 Å². The lowest BCUT2D eigenvalue weighted by Crippen LogP contribution is -2.21. The standard InChI is InChI=1S/C17H16ClNO6/c1-23-11-4-5-14(20)12(8-11)17(22)25-9-16(21)19-13-7-10(18)3-6-15(13)24-2/h3-8,20H,9H2,1-2H3,(H,19,21). The lowest BCUT2D eigenvalue weighted by Gasteiger charge is -2.11. The van der Waals surface area contributed by atoms with Gasteiger partial charge in [0.2, 0.25) is 0 Å². The number of ether oxygens (including phenoxy) is 3. The van der Waals surface area contributed by atoms with Crippen LogP contribution < -0.4 is 14.8 Å². The number of carbonyl (C=O) groups excluding carboxylic acids is 2. The van der Waals surface area contributed by atoms with E-state index in [0.717, 1.165) is 0 Å². The summed E-state index contributed by atoms with van der Waals surface area (Å²) in [4.78, 5) is 24.0. The van der Waals surface area contributed by atoms with Gasteiger partial charge >= 0.3 is 5.97 Å². The number of aromatic hydroxyl groups is 1. The van der Waals surface area contributed by atoms with Crippen molar-refractivity contribution in [3.05, 3.63) is 47.0 Å². The number of hydrogen-bond acceptors (Lipinski definition) is 6. The van der Waals surface area contributed by atoms with E-state index in [-0.39, 0.29) is 11.3 Å². The topological polar surface area (TPSA) is 94.1 Å². The first-order valence-electron chi connectivity index (χ1n) is 7.12. The Hall–Kier alpha value is -2.93. The molecule has 132 valence electrons. The van der Waals surface area contributed by atoms with Gasteiger partial charge in [-0.25, -0.2) is 4.79 Å². The van der Waals surface area contributed by atoms with Gasteiger partial charge in [-0.1, -0.05) is 11.6 Å². The smallest absolute Gasteiger partial charge is 0.342 e. The van der Waals surface area contributed by atoms with Crippen LogP contribution in [0.15, 0.2) is 36.4 Å². The molecular weight excluding hydrogens is 350 g/mol. The van der Waals surface area contributed by atoms with Crippen molar-refractivity contribution in [3.8, 4) is 17.2 Å². The second-order valence-corrected chi connectivity index (χ2v) is 5.29. The van der Waals surface area contributed by atoms with Gasteiger partial charge in [-0.15, -0.1) is 0 Å². The van der Waals surface area contributed by atoms with Gasteiger partial charge in [-0.3, -0.25) is 4.79 Å². The molecule has 2 aromatic rings. The average molecular weight is 366 g/mol. The largest absolute Gasteiger partial charge is 0.507 e. The van der Waals surface area contributed by atoms with Crippen LogP contribution in [0.25, 0.3) is 0 Å². The zero-order valence-electron chi connectivity index (χ0n) is 13.5. The first kappa shape index (κ1) is 18.4. The second kappa shape index (κ2) is 8.25. The number of phenolic OH excluding ortho intramolecular Hbond substituents is 1. The Bertz CT molecular complexity index is 793. The van der Waals surface area contributed by atoms with Crippen LogP contribution in [0.4, 0.5) is 5.69 Å². The molecule has 7 nitrogen and oxygen atoms in total. The Morgan fingerprint density at radius 1 is 1.12 bits per heavy atom. The third-order valence-electron chi connectivity index (χ3n) is 3.19. The number of benzene rings is 2. The Balaban J connectivity index is 2.00. The highest BCUT2D eigenvalue weighted by molar-refractivity contribution is 6.31. The number of nitrogens with one attached hydrogen (secondary N) is 1. The number of esters is 1. The molecule has 0 saturated carbocycles. The van der Waals surface area contributed by atoms with Gasteiger partial charge in [-0.05, 0) is 36.4 Å². The monoisotopic (exact) mass is 365 g/mol. The van der Waals surface area contributed by atoms with Gasteiger partial charge in [0.05, 0.1) is 19.9 Å². The quantitative estimate of drug-likeness (QED) is 0.764. The summed E-state index contributed by atoms with van der Waals surface area (Å²) in [6, 6.07) is 8.82. The van der Waals surface area contributed by atoms with E-state index in [4.69, 9.17) is 25.8 Å². The number of phenols is 1. The molecule has 25 heavy (non-hydrogen) atoms. The molecule has 0 fully saturated rings. The number of methoxy groups -OCH3 is 2. The molecule has 0 spiro atoms. The van der Waals surface area contributed by atoms with Crippen molar-refractivity contribution in [2.24, 2.45) is 0 Å². The van der Waals surface area contributed by atoms with Crippen molar-refractivity contribution in [1.29, 1.82) is 0 Å². The Kier molecular flexibility index (Phi) is 6.08. The van der Waals surface area contributed by atoms with Crippen molar-refractivity contribution in [2.45, 2.75) is 0 Å². The molecule has 2 N–H and O–H groups in total. The molecule has 2 rings (SSSR count). The molecule has 0 atom stereocenters. The molecule has 2 aromatic carbocycles. The SMILES string of the molecule is COc1ccc(O)c(C(=O)OCC(=O)Nc2cc(Cl)ccc2OC)c1. The normalized spacial score (nSPS) is 10.0. The summed E-state index contributed by atoms with van der Waals surface area (Å²) < 4.78 is 15.0. The fraction of sp³-hybridized carbons (Fsp3) is 0.176. The molecule has 0 aliphatic rings. The molecule has 0 unspecified atom stereocenters. The third kappa shape index (κ3) is 4.77. The molecule has 1 amide bonds. The lowest BCUT2D eigenvalue weighted by atomic mass is 10.2. The number of rotatable bonds is 6. The fourth-order valence-corrected chi connectivity index (χ4v) is 2.15. The molecule has 0 aliphatic heterocycles. The van der Waals surface area contributed by atoms with Crippen LogP contribution in [-0.4, -0.2) is 37.8 Å². The number of hydrogen-bond donors (Lipinski definition) is 2. The Labute approximate surface area is 149 Å². The highest BCUT2D eigenvalue weighted by Gasteiger charge is 2.16. The highest BCUT2D eigenvalue weighted by Crippen LogP contribution is 2.27. The summed E-state index contributed by atoms with van der Waals surface area (Å²) in [6.07, 6.45) is 0. The highest BCUT2D eigenvalue weighted by atomic mass is 35.5. The van der Waals surface area contributed by atoms with Gasteiger partial charge < -0.3 is 24.6 Å². The number of halogens is 1. The average Bonchev–Trinajstić information content (AvgIpc) is 2.60. The van der Waals surface area contributed by atoms with E-state index in [0.29, 0.717) is 22.2 Å². The van der Waals surface area contributed by atoms with Crippen LogP contribution in [0, 0.1) is 0 Å². The fourth-order valence-electron chi connectivity index (χ4n) is 1.98. The van der Waals surface area contributed by atoms with E-state index < -0.39 is 18.5 Å². The van der Waals surface area contributed by atoms with Crippen molar-refractivity contribution in [1.82, 2.24) is 0 Å². The molecule has 0 bridgehead atoms. The van der Waals surface area contributed by atoms with Gasteiger partial charge in [0.1, 0.15) is 22.8 Å². The van der Waals surface area contributed by atoms with Crippen molar-refractivity contribution in [3.63, 3.8) is 0 Å². The van der Waals surface area contributed by atoms with E-state index in [1.807, 2.05) is 0 Å². The minimum atomic E-state index is -0.857. The summed E-state index contributed by atoms with van der Waals surface area (Å²) in [5.41, 5.74) is 0.243. The maximum atomic E-state index is 12.0. The Morgan fingerprint density at radius 2 is 1.88 bits per heavy atom.